The summed E-state index contributed by atoms with van der Waals surface area (Å²) in [6, 6.07) is -0.673. The lowest BCUT2D eigenvalue weighted by atomic mass is 9.96. The summed E-state index contributed by atoms with van der Waals surface area (Å²) in [6.07, 6.45) is 1.87. The first-order valence-electron chi connectivity index (χ1n) is 6.49. The van der Waals surface area contributed by atoms with Crippen molar-refractivity contribution in [1.29, 1.82) is 0 Å². The lowest BCUT2D eigenvalue weighted by Crippen LogP contribution is -2.30. The van der Waals surface area contributed by atoms with Crippen molar-refractivity contribution in [3.63, 3.8) is 0 Å². The number of hydrogen-bond acceptors (Lipinski definition) is 5. The highest BCUT2D eigenvalue weighted by Gasteiger charge is 2.27. The monoisotopic (exact) mass is 271 g/mol. The van der Waals surface area contributed by atoms with E-state index < -0.39 is 12.0 Å². The zero-order chi connectivity index (χ0) is 15.1. The molecule has 0 N–H and O–H groups in total. The second-order valence-corrected chi connectivity index (χ2v) is 5.60. The van der Waals surface area contributed by atoms with E-state index >= 15 is 0 Å². The average molecular weight is 271 g/mol. The Labute approximate surface area is 115 Å². The summed E-state index contributed by atoms with van der Waals surface area (Å²) in [5, 5.41) is 0. The van der Waals surface area contributed by atoms with Crippen LogP contribution in [0.4, 0.5) is 0 Å². The molecule has 0 aromatic rings. The van der Waals surface area contributed by atoms with E-state index in [0.29, 0.717) is 6.61 Å². The Morgan fingerprint density at radius 1 is 1.32 bits per heavy atom. The van der Waals surface area contributed by atoms with Crippen molar-refractivity contribution in [1.82, 2.24) is 0 Å². The number of esters is 2. The largest absolute Gasteiger partial charge is 0.467 e. The second-order valence-electron chi connectivity index (χ2n) is 5.60. The smallest absolute Gasteiger partial charge is 0.330 e. The van der Waals surface area contributed by atoms with E-state index in [2.05, 4.69) is 4.99 Å². The molecule has 0 aromatic heterocycles. The highest BCUT2D eigenvalue weighted by atomic mass is 16.5. The summed E-state index contributed by atoms with van der Waals surface area (Å²) < 4.78 is 9.61. The fourth-order valence-corrected chi connectivity index (χ4v) is 1.46. The molecule has 0 saturated carbocycles. The van der Waals surface area contributed by atoms with E-state index in [-0.39, 0.29) is 23.7 Å². The van der Waals surface area contributed by atoms with E-state index in [0.717, 1.165) is 0 Å². The maximum atomic E-state index is 11.7. The van der Waals surface area contributed by atoms with Gasteiger partial charge in [0, 0.05) is 6.21 Å². The number of carbonyl (C=O) groups is 2. The number of rotatable bonds is 6. The molecular weight excluding hydrogens is 246 g/mol. The normalized spacial score (nSPS) is 15.1. The molecule has 5 nitrogen and oxygen atoms in total. The first kappa shape index (κ1) is 17.6. The van der Waals surface area contributed by atoms with Crippen molar-refractivity contribution < 1.29 is 19.1 Å². The van der Waals surface area contributed by atoms with Crippen molar-refractivity contribution in [2.75, 3.05) is 13.7 Å². The predicted molar refractivity (Wildman–Crippen MR) is 74.2 cm³/mol. The van der Waals surface area contributed by atoms with Gasteiger partial charge < -0.3 is 9.47 Å². The van der Waals surface area contributed by atoms with E-state index in [4.69, 9.17) is 9.47 Å². The minimum Gasteiger partial charge on any atom is -0.467 e. The lowest BCUT2D eigenvalue weighted by Gasteiger charge is -2.19. The minimum absolute atomic E-state index is 0.129. The standard InChI is InChI=1S/C14H25NO4/c1-7-19-11(16)8-10(2)12(13(17)18-6)15-9-14(3,4)5/h9-10,12H,7-8H2,1-6H3. The molecule has 110 valence electrons. The number of carbonyl (C=O) groups excluding carboxylic acids is 2. The van der Waals surface area contributed by atoms with Crippen LogP contribution in [0.5, 0.6) is 0 Å². The van der Waals surface area contributed by atoms with Gasteiger partial charge in [-0.05, 0) is 18.3 Å². The maximum absolute atomic E-state index is 11.7. The van der Waals surface area contributed by atoms with Gasteiger partial charge in [-0.15, -0.1) is 0 Å². The lowest BCUT2D eigenvalue weighted by molar-refractivity contribution is -0.146. The molecule has 0 aliphatic heterocycles. The van der Waals surface area contributed by atoms with Crippen LogP contribution in [0, 0.1) is 11.3 Å². The zero-order valence-electron chi connectivity index (χ0n) is 12.7. The number of nitrogens with zero attached hydrogens (tertiary/aromatic N) is 1. The third-order valence-electron chi connectivity index (χ3n) is 2.40. The fraction of sp³-hybridized carbons (Fsp3) is 0.786. The molecule has 5 heteroatoms. The average Bonchev–Trinajstić information content (AvgIpc) is 2.27. The molecule has 0 saturated heterocycles. The van der Waals surface area contributed by atoms with Crippen LogP contribution in [0.25, 0.3) is 0 Å². The Balaban J connectivity index is 4.80. The van der Waals surface area contributed by atoms with Gasteiger partial charge >= 0.3 is 11.9 Å². The summed E-state index contributed by atoms with van der Waals surface area (Å²) in [5.41, 5.74) is -0.129. The van der Waals surface area contributed by atoms with Gasteiger partial charge in [-0.1, -0.05) is 27.7 Å². The Bertz CT molecular complexity index is 331. The minimum atomic E-state index is -0.673. The van der Waals surface area contributed by atoms with Gasteiger partial charge in [-0.2, -0.15) is 0 Å². The van der Waals surface area contributed by atoms with Gasteiger partial charge in [0.25, 0.3) is 0 Å². The van der Waals surface area contributed by atoms with E-state index in [9.17, 15) is 9.59 Å². The molecule has 0 spiro atoms. The predicted octanol–water partition coefficient (Wildman–Crippen LogP) is 2.23. The summed E-state index contributed by atoms with van der Waals surface area (Å²) in [7, 11) is 1.32. The maximum Gasteiger partial charge on any atom is 0.330 e. The van der Waals surface area contributed by atoms with Crippen LogP contribution in [0.3, 0.4) is 0 Å². The molecule has 0 bridgehead atoms. The number of ether oxygens (including phenoxy) is 2. The molecule has 0 heterocycles. The quantitative estimate of drug-likeness (QED) is 0.549. The molecule has 0 amide bonds. The van der Waals surface area contributed by atoms with Gasteiger partial charge in [-0.25, -0.2) is 4.79 Å². The van der Waals surface area contributed by atoms with Crippen LogP contribution < -0.4 is 0 Å². The van der Waals surface area contributed by atoms with Crippen molar-refractivity contribution >= 4 is 18.2 Å². The Hall–Kier alpha value is -1.39. The molecule has 0 aliphatic carbocycles. The molecule has 0 aliphatic rings. The summed E-state index contributed by atoms with van der Waals surface area (Å²) in [4.78, 5) is 27.4. The van der Waals surface area contributed by atoms with Crippen molar-refractivity contribution in [3.8, 4) is 0 Å². The van der Waals surface area contributed by atoms with E-state index in [1.54, 1.807) is 20.1 Å². The van der Waals surface area contributed by atoms with Crippen LogP contribution >= 0.6 is 0 Å². The van der Waals surface area contributed by atoms with E-state index in [1.807, 2.05) is 20.8 Å². The number of aliphatic imine (C=N–C) groups is 1. The van der Waals surface area contributed by atoms with Gasteiger partial charge in [0.15, 0.2) is 0 Å². The van der Waals surface area contributed by atoms with Crippen LogP contribution in [0.15, 0.2) is 4.99 Å². The molecular formula is C14H25NO4. The third-order valence-corrected chi connectivity index (χ3v) is 2.40. The van der Waals surface area contributed by atoms with Crippen LogP contribution in [0.2, 0.25) is 0 Å². The Morgan fingerprint density at radius 3 is 2.32 bits per heavy atom. The van der Waals surface area contributed by atoms with Gasteiger partial charge in [0.2, 0.25) is 0 Å². The first-order chi connectivity index (χ1) is 8.71. The molecule has 0 rings (SSSR count). The van der Waals surface area contributed by atoms with Gasteiger partial charge in [0.05, 0.1) is 20.1 Å². The summed E-state index contributed by atoms with van der Waals surface area (Å²) in [6.45, 7) is 9.83. The van der Waals surface area contributed by atoms with Crippen molar-refractivity contribution in [2.24, 2.45) is 16.3 Å². The third kappa shape index (κ3) is 7.59. The van der Waals surface area contributed by atoms with E-state index in [1.165, 1.54) is 7.11 Å². The molecule has 2 unspecified atom stereocenters. The highest BCUT2D eigenvalue weighted by Crippen LogP contribution is 2.17. The summed E-state index contributed by atoms with van der Waals surface area (Å²) in [5.74, 6) is -1.02. The number of hydrogen-bond donors (Lipinski definition) is 0. The summed E-state index contributed by atoms with van der Waals surface area (Å²) >= 11 is 0. The molecule has 19 heavy (non-hydrogen) atoms. The Morgan fingerprint density at radius 2 is 1.89 bits per heavy atom. The first-order valence-corrected chi connectivity index (χ1v) is 6.49. The topological polar surface area (TPSA) is 65.0 Å². The van der Waals surface area contributed by atoms with Crippen molar-refractivity contribution in [3.05, 3.63) is 0 Å². The second kappa shape index (κ2) is 7.92. The van der Waals surface area contributed by atoms with Gasteiger partial charge in [-0.3, -0.25) is 9.79 Å². The highest BCUT2D eigenvalue weighted by molar-refractivity contribution is 5.80. The molecule has 2 atom stereocenters. The van der Waals surface area contributed by atoms with Crippen LogP contribution in [-0.2, 0) is 19.1 Å². The fourth-order valence-electron chi connectivity index (χ4n) is 1.46. The number of methoxy groups -OCH3 is 1. The van der Waals surface area contributed by atoms with Crippen molar-refractivity contribution in [2.45, 2.75) is 47.1 Å². The molecule has 0 radical (unpaired) electrons. The SMILES string of the molecule is CCOC(=O)CC(C)C(N=CC(C)(C)C)C(=O)OC. The molecule has 0 aromatic carbocycles. The Kier molecular flexibility index (Phi) is 7.34. The molecule has 0 fully saturated rings. The van der Waals surface area contributed by atoms with Crippen LogP contribution in [-0.4, -0.2) is 37.9 Å². The van der Waals surface area contributed by atoms with Crippen LogP contribution in [0.1, 0.15) is 41.0 Å². The van der Waals surface area contributed by atoms with Gasteiger partial charge in [0.1, 0.15) is 6.04 Å². The zero-order valence-corrected chi connectivity index (χ0v) is 12.7.